The molecule has 1 aromatic heterocycles. The summed E-state index contributed by atoms with van der Waals surface area (Å²) in [5.41, 5.74) is 7.89. The summed E-state index contributed by atoms with van der Waals surface area (Å²) >= 11 is 2.30. The SMILES string of the molecule is Cc1cc(/C=N\NC(=O)Cc2ccccc2)c(C)n1-c1ccc(I)cc1. The third-order valence-electron chi connectivity index (χ3n) is 4.16. The first-order chi connectivity index (χ1) is 12.5. The van der Waals surface area contributed by atoms with Gasteiger partial charge in [0.15, 0.2) is 0 Å². The van der Waals surface area contributed by atoms with Gasteiger partial charge in [0.05, 0.1) is 12.6 Å². The summed E-state index contributed by atoms with van der Waals surface area (Å²) in [6.07, 6.45) is 2.02. The quantitative estimate of drug-likeness (QED) is 0.345. The zero-order valence-corrected chi connectivity index (χ0v) is 16.9. The van der Waals surface area contributed by atoms with Crippen molar-refractivity contribution in [1.29, 1.82) is 0 Å². The second-order valence-electron chi connectivity index (χ2n) is 6.09. The molecular weight excluding hydrogens is 437 g/mol. The van der Waals surface area contributed by atoms with Gasteiger partial charge in [-0.3, -0.25) is 4.79 Å². The first-order valence-corrected chi connectivity index (χ1v) is 9.43. The molecule has 2 aromatic carbocycles. The van der Waals surface area contributed by atoms with E-state index in [1.165, 1.54) is 3.57 Å². The molecule has 5 heteroatoms. The van der Waals surface area contributed by atoms with Crippen LogP contribution in [0, 0.1) is 17.4 Å². The maximum absolute atomic E-state index is 12.0. The molecule has 0 saturated carbocycles. The summed E-state index contributed by atoms with van der Waals surface area (Å²) in [6.45, 7) is 4.12. The van der Waals surface area contributed by atoms with Crippen molar-refractivity contribution in [2.24, 2.45) is 5.10 Å². The van der Waals surface area contributed by atoms with Crippen molar-refractivity contribution in [2.75, 3.05) is 0 Å². The predicted molar refractivity (Wildman–Crippen MR) is 114 cm³/mol. The van der Waals surface area contributed by atoms with E-state index in [2.05, 4.69) is 81.9 Å². The molecule has 0 aliphatic rings. The van der Waals surface area contributed by atoms with Gasteiger partial charge in [-0.15, -0.1) is 0 Å². The molecule has 4 nitrogen and oxygen atoms in total. The summed E-state index contributed by atoms with van der Waals surface area (Å²) in [4.78, 5) is 12.0. The number of rotatable bonds is 5. The summed E-state index contributed by atoms with van der Waals surface area (Å²) < 4.78 is 3.39. The van der Waals surface area contributed by atoms with E-state index >= 15 is 0 Å². The maximum atomic E-state index is 12.0. The van der Waals surface area contributed by atoms with Gasteiger partial charge in [-0.1, -0.05) is 30.3 Å². The molecule has 1 amide bonds. The Kier molecular flexibility index (Phi) is 5.88. The Balaban J connectivity index is 1.70. The van der Waals surface area contributed by atoms with E-state index in [0.29, 0.717) is 6.42 Å². The molecule has 132 valence electrons. The van der Waals surface area contributed by atoms with Gasteiger partial charge in [0, 0.05) is 26.2 Å². The fourth-order valence-electron chi connectivity index (χ4n) is 2.90. The molecule has 1 heterocycles. The molecule has 0 radical (unpaired) electrons. The Labute approximate surface area is 167 Å². The zero-order valence-electron chi connectivity index (χ0n) is 14.7. The third-order valence-corrected chi connectivity index (χ3v) is 4.87. The number of amides is 1. The molecule has 0 atom stereocenters. The topological polar surface area (TPSA) is 46.4 Å². The summed E-state index contributed by atoms with van der Waals surface area (Å²) in [6, 6.07) is 20.1. The number of aromatic nitrogens is 1. The number of hydrogen-bond donors (Lipinski definition) is 1. The lowest BCUT2D eigenvalue weighted by molar-refractivity contribution is -0.120. The second-order valence-corrected chi connectivity index (χ2v) is 7.34. The number of hydrazone groups is 1. The molecule has 0 bridgehead atoms. The number of halogens is 1. The van der Waals surface area contributed by atoms with Gasteiger partial charge in [-0.2, -0.15) is 5.10 Å². The molecule has 0 fully saturated rings. The van der Waals surface area contributed by atoms with Crippen LogP contribution in [-0.4, -0.2) is 16.7 Å². The van der Waals surface area contributed by atoms with Crippen molar-refractivity contribution in [3.63, 3.8) is 0 Å². The van der Waals surface area contributed by atoms with Crippen LogP contribution in [0.3, 0.4) is 0 Å². The fourth-order valence-corrected chi connectivity index (χ4v) is 3.26. The van der Waals surface area contributed by atoms with E-state index in [9.17, 15) is 4.79 Å². The van der Waals surface area contributed by atoms with E-state index in [-0.39, 0.29) is 5.91 Å². The molecule has 1 N–H and O–H groups in total. The summed E-state index contributed by atoms with van der Waals surface area (Å²) in [7, 11) is 0. The molecule has 0 aliphatic carbocycles. The Morgan fingerprint density at radius 1 is 1.12 bits per heavy atom. The number of nitrogens with one attached hydrogen (secondary N) is 1. The molecule has 3 rings (SSSR count). The monoisotopic (exact) mass is 457 g/mol. The number of benzene rings is 2. The lowest BCUT2D eigenvalue weighted by atomic mass is 10.1. The highest BCUT2D eigenvalue weighted by Crippen LogP contribution is 2.20. The van der Waals surface area contributed by atoms with Crippen molar-refractivity contribution in [2.45, 2.75) is 20.3 Å². The highest BCUT2D eigenvalue weighted by Gasteiger charge is 2.09. The van der Waals surface area contributed by atoms with Gasteiger partial charge in [0.2, 0.25) is 5.91 Å². The van der Waals surface area contributed by atoms with Crippen LogP contribution in [0.4, 0.5) is 0 Å². The van der Waals surface area contributed by atoms with E-state index in [4.69, 9.17) is 0 Å². The van der Waals surface area contributed by atoms with E-state index in [0.717, 1.165) is 28.2 Å². The van der Waals surface area contributed by atoms with Gasteiger partial charge in [-0.25, -0.2) is 5.43 Å². The van der Waals surface area contributed by atoms with Crippen molar-refractivity contribution in [1.82, 2.24) is 9.99 Å². The van der Waals surface area contributed by atoms with Crippen LogP contribution in [0.25, 0.3) is 5.69 Å². The molecule has 3 aromatic rings. The van der Waals surface area contributed by atoms with Gasteiger partial charge in [-0.05, 0) is 72.3 Å². The Morgan fingerprint density at radius 2 is 1.81 bits per heavy atom. The normalized spacial score (nSPS) is 11.0. The Morgan fingerprint density at radius 3 is 2.50 bits per heavy atom. The van der Waals surface area contributed by atoms with Crippen molar-refractivity contribution in [3.8, 4) is 5.69 Å². The standard InChI is InChI=1S/C21H20IN3O/c1-15-12-18(16(2)25(15)20-10-8-19(22)9-11-20)14-23-24-21(26)13-17-6-4-3-5-7-17/h3-12,14H,13H2,1-2H3,(H,24,26)/b23-14-. The highest BCUT2D eigenvalue weighted by molar-refractivity contribution is 14.1. The fraction of sp³-hybridized carbons (Fsp3) is 0.143. The average Bonchev–Trinajstić information content (AvgIpc) is 2.90. The molecule has 0 unspecified atom stereocenters. The van der Waals surface area contributed by atoms with E-state index in [1.807, 2.05) is 30.3 Å². The van der Waals surface area contributed by atoms with Gasteiger partial charge >= 0.3 is 0 Å². The molecule has 0 spiro atoms. The first kappa shape index (κ1) is 18.4. The minimum Gasteiger partial charge on any atom is -0.318 e. The number of hydrogen-bond acceptors (Lipinski definition) is 2. The summed E-state index contributed by atoms with van der Waals surface area (Å²) in [5.74, 6) is -0.126. The van der Waals surface area contributed by atoms with E-state index in [1.54, 1.807) is 6.21 Å². The van der Waals surface area contributed by atoms with Crippen LogP contribution in [0.5, 0.6) is 0 Å². The second kappa shape index (κ2) is 8.31. The Bertz CT molecular complexity index is 928. The third kappa shape index (κ3) is 4.40. The number of carbonyl (C=O) groups is 1. The van der Waals surface area contributed by atoms with Gasteiger partial charge < -0.3 is 4.57 Å². The van der Waals surface area contributed by atoms with Crippen LogP contribution >= 0.6 is 22.6 Å². The molecule has 0 aliphatic heterocycles. The van der Waals surface area contributed by atoms with Crippen LogP contribution < -0.4 is 5.43 Å². The van der Waals surface area contributed by atoms with Crippen molar-refractivity contribution < 1.29 is 4.79 Å². The van der Waals surface area contributed by atoms with Crippen LogP contribution in [-0.2, 0) is 11.2 Å². The van der Waals surface area contributed by atoms with Crippen molar-refractivity contribution in [3.05, 3.63) is 86.7 Å². The van der Waals surface area contributed by atoms with Crippen LogP contribution in [0.1, 0.15) is 22.5 Å². The number of nitrogens with zero attached hydrogens (tertiary/aromatic N) is 2. The predicted octanol–water partition coefficient (Wildman–Crippen LogP) is 4.39. The van der Waals surface area contributed by atoms with Crippen LogP contribution in [0.15, 0.2) is 65.8 Å². The minimum atomic E-state index is -0.126. The van der Waals surface area contributed by atoms with Gasteiger partial charge in [0.1, 0.15) is 0 Å². The van der Waals surface area contributed by atoms with Gasteiger partial charge in [0.25, 0.3) is 0 Å². The smallest absolute Gasteiger partial charge is 0.244 e. The van der Waals surface area contributed by atoms with E-state index < -0.39 is 0 Å². The van der Waals surface area contributed by atoms with Crippen LogP contribution in [0.2, 0.25) is 0 Å². The Hall–Kier alpha value is -2.41. The van der Waals surface area contributed by atoms with Crippen molar-refractivity contribution >= 4 is 34.7 Å². The largest absolute Gasteiger partial charge is 0.318 e. The summed E-state index contributed by atoms with van der Waals surface area (Å²) in [5, 5.41) is 4.12. The highest BCUT2D eigenvalue weighted by atomic mass is 127. The molecule has 26 heavy (non-hydrogen) atoms. The lowest BCUT2D eigenvalue weighted by Gasteiger charge is -2.09. The lowest BCUT2D eigenvalue weighted by Crippen LogP contribution is -2.19. The minimum absolute atomic E-state index is 0.126. The number of aryl methyl sites for hydroxylation is 1. The first-order valence-electron chi connectivity index (χ1n) is 8.35. The molecule has 0 saturated heterocycles. The maximum Gasteiger partial charge on any atom is 0.244 e. The molecular formula is C21H20IN3O. The number of carbonyl (C=O) groups excluding carboxylic acids is 1. The zero-order chi connectivity index (χ0) is 18.5. The average molecular weight is 457 g/mol.